The molecule has 3 rings (SSSR count). The number of hydrogen-bond acceptors (Lipinski definition) is 3. The first kappa shape index (κ1) is 22.0. The van der Waals surface area contributed by atoms with Crippen molar-refractivity contribution in [2.24, 2.45) is 0 Å². The Hall–Kier alpha value is -2.70. The second-order valence-electron chi connectivity index (χ2n) is 7.49. The number of carbonyl (C=O) groups is 2. The van der Waals surface area contributed by atoms with E-state index >= 15 is 0 Å². The summed E-state index contributed by atoms with van der Waals surface area (Å²) in [5.41, 5.74) is 2.33. The van der Waals surface area contributed by atoms with Crippen molar-refractivity contribution in [1.29, 1.82) is 0 Å². The summed E-state index contributed by atoms with van der Waals surface area (Å²) < 4.78 is 13.1. The fourth-order valence-corrected chi connectivity index (χ4v) is 3.75. The molecule has 7 heteroatoms. The van der Waals surface area contributed by atoms with E-state index in [9.17, 15) is 14.0 Å². The Kier molecular flexibility index (Phi) is 7.24. The predicted molar refractivity (Wildman–Crippen MR) is 118 cm³/mol. The molecule has 1 N–H and O–H groups in total. The minimum atomic E-state index is -0.239. The van der Waals surface area contributed by atoms with Gasteiger partial charge in [-0.2, -0.15) is 0 Å². The number of carbonyl (C=O) groups excluding carboxylic acids is 2. The van der Waals surface area contributed by atoms with Crippen LogP contribution >= 0.6 is 11.6 Å². The molecule has 0 saturated carbocycles. The molecule has 2 amide bonds. The number of anilines is 1. The molecule has 0 aromatic heterocycles. The molecule has 0 aliphatic carbocycles. The minimum Gasteiger partial charge on any atom is -0.334 e. The van der Waals surface area contributed by atoms with Crippen LogP contribution in [-0.2, 0) is 16.1 Å². The van der Waals surface area contributed by atoms with Crippen LogP contribution in [0.2, 0.25) is 5.02 Å². The topological polar surface area (TPSA) is 52.7 Å². The average Bonchev–Trinajstić information content (AvgIpc) is 2.68. The average molecular weight is 430 g/mol. The number of hydrogen-bond donors (Lipinski definition) is 1. The van der Waals surface area contributed by atoms with Crippen LogP contribution in [0.25, 0.3) is 6.08 Å². The molecule has 158 valence electrons. The first-order chi connectivity index (χ1) is 14.3. The van der Waals surface area contributed by atoms with Crippen LogP contribution < -0.4 is 5.32 Å². The largest absolute Gasteiger partial charge is 0.334 e. The molecule has 0 unspecified atom stereocenters. The second-order valence-corrected chi connectivity index (χ2v) is 7.92. The van der Waals surface area contributed by atoms with Crippen LogP contribution in [0.3, 0.4) is 0 Å². The van der Waals surface area contributed by atoms with Crippen molar-refractivity contribution in [2.75, 3.05) is 25.0 Å². The van der Waals surface area contributed by atoms with E-state index in [2.05, 4.69) is 10.2 Å². The molecule has 5 nitrogen and oxygen atoms in total. The smallest absolute Gasteiger partial charge is 0.246 e. The van der Waals surface area contributed by atoms with Gasteiger partial charge < -0.3 is 10.2 Å². The van der Waals surface area contributed by atoms with Crippen molar-refractivity contribution >= 4 is 35.2 Å². The zero-order valence-electron chi connectivity index (χ0n) is 17.1. The van der Waals surface area contributed by atoms with Crippen LogP contribution in [0.15, 0.2) is 48.5 Å². The highest BCUT2D eigenvalue weighted by Crippen LogP contribution is 2.23. The van der Waals surface area contributed by atoms with Crippen molar-refractivity contribution in [2.45, 2.75) is 26.4 Å². The number of benzene rings is 2. The van der Waals surface area contributed by atoms with Gasteiger partial charge in [0.2, 0.25) is 11.8 Å². The van der Waals surface area contributed by atoms with Gasteiger partial charge in [-0.25, -0.2) is 4.39 Å². The van der Waals surface area contributed by atoms with E-state index < -0.39 is 0 Å². The first-order valence-electron chi connectivity index (χ1n) is 9.84. The van der Waals surface area contributed by atoms with Gasteiger partial charge in [0.1, 0.15) is 5.82 Å². The van der Waals surface area contributed by atoms with Gasteiger partial charge in [-0.05, 0) is 48.4 Å². The third kappa shape index (κ3) is 5.90. The van der Waals surface area contributed by atoms with Gasteiger partial charge in [0.25, 0.3) is 0 Å². The van der Waals surface area contributed by atoms with E-state index in [0.29, 0.717) is 22.8 Å². The Morgan fingerprint density at radius 2 is 1.93 bits per heavy atom. The van der Waals surface area contributed by atoms with E-state index in [-0.39, 0.29) is 23.7 Å². The lowest BCUT2D eigenvalue weighted by Gasteiger charge is -2.39. The summed E-state index contributed by atoms with van der Waals surface area (Å²) >= 11 is 6.01. The molecule has 2 aromatic carbocycles. The number of nitrogens with one attached hydrogen (secondary N) is 1. The van der Waals surface area contributed by atoms with Gasteiger partial charge in [-0.1, -0.05) is 29.8 Å². The maximum atomic E-state index is 13.1. The molecular weight excluding hydrogens is 405 g/mol. The van der Waals surface area contributed by atoms with Crippen molar-refractivity contribution in [1.82, 2.24) is 9.80 Å². The molecule has 1 heterocycles. The van der Waals surface area contributed by atoms with Crippen LogP contribution in [0.4, 0.5) is 10.1 Å². The summed E-state index contributed by atoms with van der Waals surface area (Å²) in [5, 5.41) is 3.24. The monoisotopic (exact) mass is 429 g/mol. The molecule has 1 fully saturated rings. The Labute approximate surface area is 181 Å². The molecule has 0 radical (unpaired) electrons. The molecular formula is C23H25ClFN3O2. The standard InChI is InChI=1S/C23H25ClFN3O2/c1-16-14-27(15-18-3-8-21(25)9-4-18)11-12-28(16)23(30)10-6-19-5-7-20(24)13-22(19)26-17(2)29/h3-10,13,16H,11-12,14-15H2,1-2H3,(H,26,29)/t16-/m0/s1. The Bertz CT molecular complexity index is 946. The molecule has 0 bridgehead atoms. The summed E-state index contributed by atoms with van der Waals surface area (Å²) in [4.78, 5) is 28.3. The number of rotatable bonds is 5. The minimum absolute atomic E-state index is 0.0522. The van der Waals surface area contributed by atoms with Crippen molar-refractivity contribution in [3.63, 3.8) is 0 Å². The highest BCUT2D eigenvalue weighted by molar-refractivity contribution is 6.31. The predicted octanol–water partition coefficient (Wildman–Crippen LogP) is 4.18. The summed E-state index contributed by atoms with van der Waals surface area (Å²) in [6.45, 7) is 6.28. The van der Waals surface area contributed by atoms with Crippen molar-refractivity contribution < 1.29 is 14.0 Å². The molecule has 2 aromatic rings. The van der Waals surface area contributed by atoms with Gasteiger partial charge in [-0.15, -0.1) is 0 Å². The Morgan fingerprint density at radius 3 is 2.60 bits per heavy atom. The SMILES string of the molecule is CC(=O)Nc1cc(Cl)ccc1C=CC(=O)N1CCN(Cc2ccc(F)cc2)C[C@@H]1C. The molecule has 1 saturated heterocycles. The van der Waals surface area contributed by atoms with Crippen LogP contribution in [0, 0.1) is 5.82 Å². The van der Waals surface area contributed by atoms with Crippen molar-refractivity contribution in [3.8, 4) is 0 Å². The summed E-state index contributed by atoms with van der Waals surface area (Å²) in [7, 11) is 0. The van der Waals surface area contributed by atoms with Crippen molar-refractivity contribution in [3.05, 3.63) is 70.5 Å². The number of piperazine rings is 1. The lowest BCUT2D eigenvalue weighted by molar-refractivity contribution is -0.130. The lowest BCUT2D eigenvalue weighted by atomic mass is 10.1. The van der Waals surface area contributed by atoms with Gasteiger partial charge >= 0.3 is 0 Å². The van der Waals surface area contributed by atoms with Crippen LogP contribution in [0.5, 0.6) is 0 Å². The molecule has 1 atom stereocenters. The molecule has 30 heavy (non-hydrogen) atoms. The number of nitrogens with zero attached hydrogens (tertiary/aromatic N) is 2. The third-order valence-corrected chi connectivity index (χ3v) is 5.28. The highest BCUT2D eigenvalue weighted by atomic mass is 35.5. The lowest BCUT2D eigenvalue weighted by Crippen LogP contribution is -2.53. The molecule has 0 spiro atoms. The summed E-state index contributed by atoms with van der Waals surface area (Å²) in [5.74, 6) is -0.520. The quantitative estimate of drug-likeness (QED) is 0.725. The van der Waals surface area contributed by atoms with E-state index in [0.717, 1.165) is 25.2 Å². The van der Waals surface area contributed by atoms with Crippen LogP contribution in [-0.4, -0.2) is 47.3 Å². The Morgan fingerprint density at radius 1 is 1.20 bits per heavy atom. The zero-order chi connectivity index (χ0) is 21.7. The third-order valence-electron chi connectivity index (χ3n) is 5.05. The molecule has 1 aliphatic rings. The normalized spacial score (nSPS) is 17.3. The summed E-state index contributed by atoms with van der Waals surface area (Å²) in [6, 6.07) is 11.7. The van der Waals surface area contributed by atoms with E-state index in [1.807, 2.05) is 11.8 Å². The van der Waals surface area contributed by atoms with Gasteiger partial charge in [0, 0.05) is 55.9 Å². The second kappa shape index (κ2) is 9.87. The fraction of sp³-hybridized carbons (Fsp3) is 0.304. The molecule has 1 aliphatic heterocycles. The van der Waals surface area contributed by atoms with E-state index in [4.69, 9.17) is 11.6 Å². The number of amides is 2. The van der Waals surface area contributed by atoms with Gasteiger partial charge in [-0.3, -0.25) is 14.5 Å². The van der Waals surface area contributed by atoms with Gasteiger partial charge in [0.05, 0.1) is 0 Å². The van der Waals surface area contributed by atoms with Gasteiger partial charge in [0.15, 0.2) is 0 Å². The maximum Gasteiger partial charge on any atom is 0.246 e. The van der Waals surface area contributed by atoms with E-state index in [1.165, 1.54) is 25.1 Å². The van der Waals surface area contributed by atoms with E-state index in [1.54, 1.807) is 36.4 Å². The number of halogens is 2. The first-order valence-corrected chi connectivity index (χ1v) is 10.2. The van der Waals surface area contributed by atoms with Crippen LogP contribution in [0.1, 0.15) is 25.0 Å². The maximum absolute atomic E-state index is 13.1. The summed E-state index contributed by atoms with van der Waals surface area (Å²) in [6.07, 6.45) is 3.22. The Balaban J connectivity index is 1.61. The highest BCUT2D eigenvalue weighted by Gasteiger charge is 2.26. The fourth-order valence-electron chi connectivity index (χ4n) is 3.58. The zero-order valence-corrected chi connectivity index (χ0v) is 17.8.